The molecule has 0 N–H and O–H groups in total. The van der Waals surface area contributed by atoms with Crippen molar-refractivity contribution in [3.63, 3.8) is 0 Å². The van der Waals surface area contributed by atoms with Crippen LogP contribution in [0.1, 0.15) is 0 Å². The van der Waals surface area contributed by atoms with Crippen LogP contribution in [0, 0.1) is 0 Å². The summed E-state index contributed by atoms with van der Waals surface area (Å²) in [5, 5.41) is 0.247. The maximum atomic E-state index is 12.8. The smallest absolute Gasteiger partial charge is 0.157 e. The van der Waals surface area contributed by atoms with Crippen molar-refractivity contribution in [2.75, 3.05) is 5.12 Å². The van der Waals surface area contributed by atoms with Crippen molar-refractivity contribution in [1.29, 1.82) is 0 Å². The highest BCUT2D eigenvalue weighted by atomic mass is 35.5. The molecule has 4 heteroatoms. The maximum Gasteiger partial charge on any atom is 0.204 e. The fourth-order valence-electron chi connectivity index (χ4n) is 0.660. The van der Waals surface area contributed by atoms with E-state index in [0.717, 1.165) is 0 Å². The summed E-state index contributed by atoms with van der Waals surface area (Å²) in [5.74, 6) is 0. The molecule has 58 valence electrons. The first-order valence-electron chi connectivity index (χ1n) is 2.92. The van der Waals surface area contributed by atoms with Gasteiger partial charge in [0.05, 0.1) is 5.69 Å². The lowest BCUT2D eigenvalue weighted by Crippen LogP contribution is -2.13. The Labute approximate surface area is 74.3 Å². The molecule has 0 heterocycles. The molecule has 0 fully saturated rings. The van der Waals surface area contributed by atoms with Gasteiger partial charge >= 0.3 is 0 Å². The summed E-state index contributed by atoms with van der Waals surface area (Å²) in [4.78, 5) is 0. The van der Waals surface area contributed by atoms with Gasteiger partial charge in [0.1, 0.15) is 0 Å². The Kier molecular flexibility index (Phi) is 2.79. The minimum Gasteiger partial charge on any atom is -0.157 e. The Hall–Kier alpha value is -0.670. The number of para-hydroxylation sites is 1. The second-order valence-electron chi connectivity index (χ2n) is 1.87. The Morgan fingerprint density at radius 2 is 1.91 bits per heavy atom. The molecule has 1 rings (SSSR count). The molecule has 0 bridgehead atoms. The zero-order valence-electron chi connectivity index (χ0n) is 5.50. The quantitative estimate of drug-likeness (QED) is 0.289. The predicted octanol–water partition coefficient (Wildman–Crippen LogP) is 2.90. The largest absolute Gasteiger partial charge is 0.204 e. The van der Waals surface area contributed by atoms with Crippen LogP contribution in [0.4, 0.5) is 10.2 Å². The van der Waals surface area contributed by atoms with Gasteiger partial charge in [-0.05, 0) is 36.0 Å². The van der Waals surface area contributed by atoms with Crippen LogP contribution in [0.25, 0.3) is 0 Å². The van der Waals surface area contributed by atoms with Gasteiger partial charge in [-0.15, -0.1) is 0 Å². The highest BCUT2D eigenvalue weighted by Crippen LogP contribution is 2.15. The van der Waals surface area contributed by atoms with E-state index in [0.29, 0.717) is 5.69 Å². The van der Waals surface area contributed by atoms with Crippen molar-refractivity contribution in [1.82, 2.24) is 0 Å². The van der Waals surface area contributed by atoms with Crippen molar-refractivity contribution in [2.24, 2.45) is 0 Å². The van der Waals surface area contributed by atoms with E-state index in [-0.39, 0.29) is 9.57 Å². The molecule has 0 aromatic heterocycles. The predicted molar refractivity (Wildman–Crippen MR) is 48.5 cm³/mol. The molecule has 0 aliphatic carbocycles. The number of rotatable bonds is 1. The SMILES string of the molecule is FN(C(=S)Cl)c1ccccc1. The summed E-state index contributed by atoms with van der Waals surface area (Å²) in [6.45, 7) is 0. The van der Waals surface area contributed by atoms with Gasteiger partial charge < -0.3 is 0 Å². The van der Waals surface area contributed by atoms with Crippen molar-refractivity contribution >= 4 is 34.0 Å². The number of hydrogen-bond acceptors (Lipinski definition) is 1. The first-order chi connectivity index (χ1) is 5.22. The average Bonchev–Trinajstić information content (AvgIpc) is 2.05. The molecule has 0 amide bonds. The van der Waals surface area contributed by atoms with Crippen molar-refractivity contribution in [3.8, 4) is 0 Å². The van der Waals surface area contributed by atoms with E-state index >= 15 is 0 Å². The molecule has 0 aliphatic heterocycles. The number of nitrogens with zero attached hydrogens (tertiary/aromatic N) is 1. The van der Waals surface area contributed by atoms with E-state index in [1.165, 1.54) is 0 Å². The lowest BCUT2D eigenvalue weighted by molar-refractivity contribution is 0.528. The lowest BCUT2D eigenvalue weighted by Gasteiger charge is -2.08. The van der Waals surface area contributed by atoms with E-state index < -0.39 is 0 Å². The minimum absolute atomic E-state index is 0.247. The van der Waals surface area contributed by atoms with Crippen LogP contribution < -0.4 is 5.12 Å². The molecule has 0 aliphatic rings. The highest BCUT2D eigenvalue weighted by molar-refractivity contribution is 7.83. The molecule has 11 heavy (non-hydrogen) atoms. The third-order valence-electron chi connectivity index (χ3n) is 1.14. The Morgan fingerprint density at radius 1 is 1.36 bits per heavy atom. The summed E-state index contributed by atoms with van der Waals surface area (Å²) < 4.78 is 12.5. The van der Waals surface area contributed by atoms with E-state index in [9.17, 15) is 4.48 Å². The van der Waals surface area contributed by atoms with E-state index in [2.05, 4.69) is 12.2 Å². The van der Waals surface area contributed by atoms with Crippen LogP contribution in [0.2, 0.25) is 0 Å². The monoisotopic (exact) mass is 189 g/mol. The summed E-state index contributed by atoms with van der Waals surface area (Å²) >= 11 is 9.66. The number of hydrogen-bond donors (Lipinski definition) is 0. The van der Waals surface area contributed by atoms with Gasteiger partial charge in [-0.2, -0.15) is 5.12 Å². The number of anilines is 1. The molecule has 1 aromatic carbocycles. The molecule has 0 saturated heterocycles. The summed E-state index contributed by atoms with van der Waals surface area (Å²) in [6.07, 6.45) is 0. The normalized spacial score (nSPS) is 9.27. The second-order valence-corrected chi connectivity index (χ2v) is 2.84. The molecule has 0 atom stereocenters. The van der Waals surface area contributed by atoms with Crippen LogP contribution in [0.5, 0.6) is 0 Å². The first-order valence-corrected chi connectivity index (χ1v) is 3.71. The number of thiocarbonyl (C=S) groups is 1. The number of benzene rings is 1. The number of halogens is 2. The summed E-state index contributed by atoms with van der Waals surface area (Å²) in [6, 6.07) is 8.35. The molecule has 1 aromatic rings. The molecular weight excluding hydrogens is 185 g/mol. The summed E-state index contributed by atoms with van der Waals surface area (Å²) in [5.41, 5.74) is 0.340. The standard InChI is InChI=1S/C7H5ClFNS/c8-7(11)10(9)6-4-2-1-3-5-6/h1-5H. The van der Waals surface area contributed by atoms with E-state index in [1.54, 1.807) is 30.3 Å². The van der Waals surface area contributed by atoms with Gasteiger partial charge in [-0.25, -0.2) is 0 Å². The molecule has 0 unspecified atom stereocenters. The van der Waals surface area contributed by atoms with Crippen molar-refractivity contribution in [2.45, 2.75) is 0 Å². The van der Waals surface area contributed by atoms with Gasteiger partial charge in [0.25, 0.3) is 0 Å². The fourth-order valence-corrected chi connectivity index (χ4v) is 0.863. The Bertz CT molecular complexity index is 252. The van der Waals surface area contributed by atoms with E-state index in [4.69, 9.17) is 11.6 Å². The average molecular weight is 190 g/mol. The van der Waals surface area contributed by atoms with Crippen molar-refractivity contribution < 1.29 is 4.48 Å². The zero-order chi connectivity index (χ0) is 8.27. The third kappa shape index (κ3) is 2.13. The van der Waals surface area contributed by atoms with Gasteiger partial charge in [-0.1, -0.05) is 22.7 Å². The second kappa shape index (κ2) is 3.64. The van der Waals surface area contributed by atoms with Crippen LogP contribution >= 0.6 is 23.8 Å². The lowest BCUT2D eigenvalue weighted by atomic mass is 10.3. The molecule has 1 nitrogen and oxygen atoms in total. The first kappa shape index (κ1) is 8.43. The Balaban J connectivity index is 2.85. The fraction of sp³-hybridized carbons (Fsp3) is 0. The van der Waals surface area contributed by atoms with Crippen LogP contribution in [0.3, 0.4) is 0 Å². The molecule has 0 spiro atoms. The van der Waals surface area contributed by atoms with Gasteiger partial charge in [-0.3, -0.25) is 0 Å². The molecule has 0 saturated carbocycles. The van der Waals surface area contributed by atoms with Crippen LogP contribution in [-0.4, -0.2) is 4.45 Å². The Morgan fingerprint density at radius 3 is 2.36 bits per heavy atom. The van der Waals surface area contributed by atoms with Crippen LogP contribution in [-0.2, 0) is 0 Å². The van der Waals surface area contributed by atoms with Gasteiger partial charge in [0.2, 0.25) is 4.45 Å². The van der Waals surface area contributed by atoms with Crippen molar-refractivity contribution in [3.05, 3.63) is 30.3 Å². The summed E-state index contributed by atoms with van der Waals surface area (Å²) in [7, 11) is 0. The molecular formula is C7H5ClFNS. The third-order valence-corrected chi connectivity index (χ3v) is 1.45. The molecule has 0 radical (unpaired) electrons. The highest BCUT2D eigenvalue weighted by Gasteiger charge is 2.06. The minimum atomic E-state index is -0.309. The maximum absolute atomic E-state index is 12.8. The van der Waals surface area contributed by atoms with Gasteiger partial charge in [0.15, 0.2) is 0 Å². The zero-order valence-corrected chi connectivity index (χ0v) is 7.07. The topological polar surface area (TPSA) is 3.24 Å². The van der Waals surface area contributed by atoms with E-state index in [1.807, 2.05) is 0 Å². The van der Waals surface area contributed by atoms with Crippen LogP contribution in [0.15, 0.2) is 30.3 Å². The van der Waals surface area contributed by atoms with Gasteiger partial charge in [0, 0.05) is 0 Å².